The summed E-state index contributed by atoms with van der Waals surface area (Å²) in [7, 11) is -3.38. The molecule has 0 aliphatic carbocycles. The summed E-state index contributed by atoms with van der Waals surface area (Å²) in [6.45, 7) is 4.55. The highest BCUT2D eigenvalue weighted by Gasteiger charge is 2.32. The summed E-state index contributed by atoms with van der Waals surface area (Å²) in [4.78, 5) is 4.22. The second kappa shape index (κ2) is 5.40. The highest BCUT2D eigenvalue weighted by molar-refractivity contribution is 7.89. The number of aryl methyl sites for hydroxylation is 1. The van der Waals surface area contributed by atoms with Gasteiger partial charge in [0, 0.05) is 38.6 Å². The molecule has 3 heterocycles. The van der Waals surface area contributed by atoms with Gasteiger partial charge in [-0.15, -0.1) is 12.4 Å². The van der Waals surface area contributed by atoms with Crippen LogP contribution in [0.2, 0.25) is 0 Å². The molecule has 6 nitrogen and oxygen atoms in total. The summed E-state index contributed by atoms with van der Waals surface area (Å²) in [6, 6.07) is 0.203. The fourth-order valence-electron chi connectivity index (χ4n) is 2.68. The Morgan fingerprint density at radius 3 is 2.95 bits per heavy atom. The molecular weight excluding hydrogens is 288 g/mol. The van der Waals surface area contributed by atoms with Crippen molar-refractivity contribution in [2.45, 2.75) is 37.4 Å². The van der Waals surface area contributed by atoms with Crippen molar-refractivity contribution in [2.75, 3.05) is 19.6 Å². The molecule has 1 N–H and O–H groups in total. The average molecular weight is 307 g/mol. The lowest BCUT2D eigenvalue weighted by molar-refractivity contribution is 0.308. The number of sulfonamides is 1. The van der Waals surface area contributed by atoms with Crippen molar-refractivity contribution in [3.05, 3.63) is 12.0 Å². The monoisotopic (exact) mass is 306 g/mol. The van der Waals surface area contributed by atoms with Crippen LogP contribution in [0.1, 0.15) is 19.2 Å². The molecule has 2 aliphatic heterocycles. The van der Waals surface area contributed by atoms with E-state index < -0.39 is 10.0 Å². The van der Waals surface area contributed by atoms with E-state index in [1.54, 1.807) is 4.31 Å². The van der Waals surface area contributed by atoms with Gasteiger partial charge in [-0.2, -0.15) is 4.31 Å². The van der Waals surface area contributed by atoms with Gasteiger partial charge in [0.05, 0.1) is 6.20 Å². The molecule has 0 amide bonds. The van der Waals surface area contributed by atoms with Crippen LogP contribution >= 0.6 is 12.4 Å². The summed E-state index contributed by atoms with van der Waals surface area (Å²) in [5.41, 5.74) is 0. The zero-order chi connectivity index (χ0) is 12.8. The van der Waals surface area contributed by atoms with E-state index >= 15 is 0 Å². The largest absolute Gasteiger partial charge is 0.318 e. The summed E-state index contributed by atoms with van der Waals surface area (Å²) in [5, 5.41) is 3.62. The molecule has 3 rings (SSSR count). The topological polar surface area (TPSA) is 67.2 Å². The third-order valence-corrected chi connectivity index (χ3v) is 5.49. The Bertz CT molecular complexity index is 557. The summed E-state index contributed by atoms with van der Waals surface area (Å²) in [6.07, 6.45) is 3.38. The number of imidazole rings is 1. The Kier molecular flexibility index (Phi) is 4.20. The molecule has 1 aromatic rings. The van der Waals surface area contributed by atoms with Gasteiger partial charge in [-0.25, -0.2) is 13.4 Å². The molecule has 0 radical (unpaired) electrons. The molecule has 2 aliphatic rings. The van der Waals surface area contributed by atoms with E-state index in [4.69, 9.17) is 0 Å². The molecule has 0 unspecified atom stereocenters. The Labute approximate surface area is 119 Å². The number of hydrogen-bond donors (Lipinski definition) is 1. The Morgan fingerprint density at radius 2 is 2.21 bits per heavy atom. The smallest absolute Gasteiger partial charge is 0.260 e. The van der Waals surface area contributed by atoms with Crippen molar-refractivity contribution < 1.29 is 8.42 Å². The maximum atomic E-state index is 12.6. The molecular formula is C11H19ClN4O2S. The fraction of sp³-hybridized carbons (Fsp3) is 0.727. The van der Waals surface area contributed by atoms with Crippen molar-refractivity contribution in [1.29, 1.82) is 0 Å². The molecule has 1 aromatic heterocycles. The molecule has 1 fully saturated rings. The van der Waals surface area contributed by atoms with Gasteiger partial charge in [-0.3, -0.25) is 0 Å². The van der Waals surface area contributed by atoms with Crippen LogP contribution in [0.15, 0.2) is 11.2 Å². The molecule has 1 saturated heterocycles. The van der Waals surface area contributed by atoms with Gasteiger partial charge in [0.25, 0.3) is 10.0 Å². The van der Waals surface area contributed by atoms with Gasteiger partial charge in [0.1, 0.15) is 5.82 Å². The lowest BCUT2D eigenvalue weighted by Gasteiger charge is -2.30. The van der Waals surface area contributed by atoms with E-state index in [1.165, 1.54) is 6.20 Å². The summed E-state index contributed by atoms with van der Waals surface area (Å²) < 4.78 is 28.6. The van der Waals surface area contributed by atoms with Gasteiger partial charge in [0.15, 0.2) is 5.03 Å². The SMILES string of the molecule is C[C@@H]1CN(S(=O)(=O)c2cnc3n2CCC3)CCN1.Cl. The van der Waals surface area contributed by atoms with E-state index in [-0.39, 0.29) is 18.4 Å². The van der Waals surface area contributed by atoms with E-state index in [1.807, 2.05) is 11.5 Å². The molecule has 0 spiro atoms. The lowest BCUT2D eigenvalue weighted by atomic mass is 10.3. The number of hydrogen-bond acceptors (Lipinski definition) is 4. The number of halogens is 1. The van der Waals surface area contributed by atoms with Crippen LogP contribution in [0.5, 0.6) is 0 Å². The van der Waals surface area contributed by atoms with Crippen LogP contribution in [0.25, 0.3) is 0 Å². The number of piperazine rings is 1. The van der Waals surface area contributed by atoms with E-state index in [2.05, 4.69) is 10.3 Å². The highest BCUT2D eigenvalue weighted by Crippen LogP contribution is 2.23. The fourth-order valence-corrected chi connectivity index (χ4v) is 4.36. The standard InChI is InChI=1S/C11H18N4O2S.ClH/c1-9-8-14(6-4-12-9)18(16,17)11-7-13-10-3-2-5-15(10)11;/h7,9,12H,2-6,8H2,1H3;1H/t9-;/m1./s1. The average Bonchev–Trinajstić information content (AvgIpc) is 2.90. The van der Waals surface area contributed by atoms with Crippen LogP contribution in [0.4, 0.5) is 0 Å². The van der Waals surface area contributed by atoms with Gasteiger partial charge in [0.2, 0.25) is 0 Å². The van der Waals surface area contributed by atoms with E-state index in [0.717, 1.165) is 25.2 Å². The first kappa shape index (κ1) is 14.8. The predicted octanol–water partition coefficient (Wildman–Crippen LogP) is 0.233. The molecule has 19 heavy (non-hydrogen) atoms. The third kappa shape index (κ3) is 2.52. The molecule has 0 aromatic carbocycles. The second-order valence-electron chi connectivity index (χ2n) is 4.99. The molecule has 0 saturated carbocycles. The first-order valence-corrected chi connectivity index (χ1v) is 7.81. The second-order valence-corrected chi connectivity index (χ2v) is 6.87. The highest BCUT2D eigenvalue weighted by atomic mass is 35.5. The van der Waals surface area contributed by atoms with Crippen molar-refractivity contribution in [3.63, 3.8) is 0 Å². The minimum atomic E-state index is -3.38. The van der Waals surface area contributed by atoms with Crippen LogP contribution in [0, 0.1) is 0 Å². The minimum absolute atomic E-state index is 0. The van der Waals surface area contributed by atoms with Crippen LogP contribution in [-0.2, 0) is 23.0 Å². The Balaban J connectivity index is 0.00000133. The van der Waals surface area contributed by atoms with E-state index in [9.17, 15) is 8.42 Å². The normalized spacial score (nSPS) is 23.9. The lowest BCUT2D eigenvalue weighted by Crippen LogP contribution is -2.51. The number of aromatic nitrogens is 2. The van der Waals surface area contributed by atoms with Gasteiger partial charge in [-0.1, -0.05) is 0 Å². The van der Waals surface area contributed by atoms with Crippen molar-refractivity contribution in [3.8, 4) is 0 Å². The van der Waals surface area contributed by atoms with E-state index in [0.29, 0.717) is 24.7 Å². The summed E-state index contributed by atoms with van der Waals surface area (Å²) >= 11 is 0. The number of nitrogens with one attached hydrogen (secondary N) is 1. The van der Waals surface area contributed by atoms with Crippen molar-refractivity contribution >= 4 is 22.4 Å². The third-order valence-electron chi connectivity index (χ3n) is 3.62. The predicted molar refractivity (Wildman–Crippen MR) is 74.0 cm³/mol. The Morgan fingerprint density at radius 1 is 1.42 bits per heavy atom. The quantitative estimate of drug-likeness (QED) is 0.849. The zero-order valence-corrected chi connectivity index (χ0v) is 12.5. The zero-order valence-electron chi connectivity index (χ0n) is 10.9. The molecule has 8 heteroatoms. The minimum Gasteiger partial charge on any atom is -0.318 e. The molecule has 108 valence electrons. The Hall–Kier alpha value is -0.630. The van der Waals surface area contributed by atoms with Gasteiger partial charge < -0.3 is 9.88 Å². The maximum Gasteiger partial charge on any atom is 0.260 e. The molecule has 0 bridgehead atoms. The van der Waals surface area contributed by atoms with Crippen molar-refractivity contribution in [1.82, 2.24) is 19.2 Å². The molecule has 1 atom stereocenters. The van der Waals surface area contributed by atoms with Crippen LogP contribution in [-0.4, -0.2) is 48.0 Å². The number of nitrogens with zero attached hydrogens (tertiary/aromatic N) is 3. The van der Waals surface area contributed by atoms with Crippen LogP contribution in [0.3, 0.4) is 0 Å². The maximum absolute atomic E-state index is 12.6. The van der Waals surface area contributed by atoms with Gasteiger partial charge >= 0.3 is 0 Å². The van der Waals surface area contributed by atoms with Gasteiger partial charge in [-0.05, 0) is 13.3 Å². The number of fused-ring (bicyclic) bond motifs is 1. The first-order chi connectivity index (χ1) is 8.59. The first-order valence-electron chi connectivity index (χ1n) is 6.37. The van der Waals surface area contributed by atoms with Crippen molar-refractivity contribution in [2.24, 2.45) is 0 Å². The summed E-state index contributed by atoms with van der Waals surface area (Å²) in [5.74, 6) is 0.900. The van der Waals surface area contributed by atoms with Crippen LogP contribution < -0.4 is 5.32 Å². The number of rotatable bonds is 2.